The highest BCUT2D eigenvalue weighted by Gasteiger charge is 2.55. The van der Waals surface area contributed by atoms with Crippen LogP contribution in [0.25, 0.3) is 0 Å². The van der Waals surface area contributed by atoms with Crippen molar-refractivity contribution < 1.29 is 18.0 Å². The normalized spacial score (nSPS) is 15.8. The Morgan fingerprint density at radius 2 is 2.00 bits per heavy atom. The van der Waals surface area contributed by atoms with Crippen LogP contribution in [0.1, 0.15) is 37.3 Å². The van der Waals surface area contributed by atoms with Crippen LogP contribution in [0.3, 0.4) is 0 Å². The second-order valence-electron chi connectivity index (χ2n) is 4.41. The van der Waals surface area contributed by atoms with Crippen molar-refractivity contribution in [3.8, 4) is 0 Å². The van der Waals surface area contributed by atoms with Crippen LogP contribution >= 0.6 is 11.6 Å². The van der Waals surface area contributed by atoms with Gasteiger partial charge in [0.25, 0.3) is 0 Å². The van der Waals surface area contributed by atoms with E-state index in [1.54, 1.807) is 13.8 Å². The lowest BCUT2D eigenvalue weighted by molar-refractivity contribution is -0.166. The fraction of sp³-hybridized carbons (Fsp3) is 0.600. The van der Waals surface area contributed by atoms with Gasteiger partial charge in [0.05, 0.1) is 11.2 Å². The van der Waals surface area contributed by atoms with Crippen LogP contribution in [0.2, 0.25) is 5.02 Å². The lowest BCUT2D eigenvalue weighted by Crippen LogP contribution is -2.57. The molecule has 102 valence electrons. The molecular formula is C10H13ClF3N3O. The predicted octanol–water partition coefficient (Wildman–Crippen LogP) is 2.58. The van der Waals surface area contributed by atoms with E-state index >= 15 is 0 Å². The number of aromatic nitrogens is 2. The summed E-state index contributed by atoms with van der Waals surface area (Å²) in [4.78, 5) is 11.9. The number of ketones is 1. The van der Waals surface area contributed by atoms with Crippen LogP contribution in [-0.4, -0.2) is 27.3 Å². The van der Waals surface area contributed by atoms with Gasteiger partial charge in [-0.15, -0.1) is 0 Å². The van der Waals surface area contributed by atoms with Crippen molar-refractivity contribution in [2.45, 2.75) is 38.5 Å². The Labute approximate surface area is 107 Å². The summed E-state index contributed by atoms with van der Waals surface area (Å²) in [5.41, 5.74) is 1.77. The Hall–Kier alpha value is -1.08. The van der Waals surface area contributed by atoms with Crippen molar-refractivity contribution in [3.05, 3.63) is 16.9 Å². The Morgan fingerprint density at radius 3 is 2.39 bits per heavy atom. The van der Waals surface area contributed by atoms with E-state index in [1.807, 2.05) is 0 Å². The smallest absolute Gasteiger partial charge is 0.311 e. The summed E-state index contributed by atoms with van der Waals surface area (Å²) in [6.07, 6.45) is -3.74. The zero-order valence-corrected chi connectivity index (χ0v) is 10.8. The third-order valence-corrected chi connectivity index (χ3v) is 2.79. The molecule has 0 spiro atoms. The van der Waals surface area contributed by atoms with E-state index in [2.05, 4.69) is 5.10 Å². The van der Waals surface area contributed by atoms with Gasteiger partial charge in [0.2, 0.25) is 5.78 Å². The second-order valence-corrected chi connectivity index (χ2v) is 4.82. The first-order valence-electron chi connectivity index (χ1n) is 5.13. The average Bonchev–Trinajstić information content (AvgIpc) is 2.57. The van der Waals surface area contributed by atoms with E-state index in [1.165, 1.54) is 0 Å². The maximum Gasteiger partial charge on any atom is 0.413 e. The summed E-state index contributed by atoms with van der Waals surface area (Å²) in [6, 6.07) is -0.305. The molecule has 18 heavy (non-hydrogen) atoms. The molecule has 1 heterocycles. The molecule has 0 saturated heterocycles. The molecule has 1 rings (SSSR count). The third kappa shape index (κ3) is 2.37. The first-order chi connectivity index (χ1) is 8.00. The van der Waals surface area contributed by atoms with Gasteiger partial charge in [-0.1, -0.05) is 11.6 Å². The Kier molecular flexibility index (Phi) is 3.78. The van der Waals surface area contributed by atoms with Gasteiger partial charge >= 0.3 is 6.18 Å². The number of halogens is 4. The molecule has 0 aliphatic carbocycles. The number of carbonyl (C=O) groups excluding carboxylic acids is 1. The van der Waals surface area contributed by atoms with Gasteiger partial charge in [-0.05, 0) is 20.8 Å². The van der Waals surface area contributed by atoms with Crippen LogP contribution in [0.4, 0.5) is 13.2 Å². The fourth-order valence-electron chi connectivity index (χ4n) is 1.32. The summed E-state index contributed by atoms with van der Waals surface area (Å²) in [5.74, 6) is -1.30. The molecule has 0 amide bonds. The first-order valence-corrected chi connectivity index (χ1v) is 5.51. The molecule has 0 saturated carbocycles. The molecule has 1 atom stereocenters. The quantitative estimate of drug-likeness (QED) is 0.867. The summed E-state index contributed by atoms with van der Waals surface area (Å²) in [7, 11) is 0. The zero-order valence-electron chi connectivity index (χ0n) is 10.0. The van der Waals surface area contributed by atoms with Gasteiger partial charge in [0, 0.05) is 6.04 Å². The molecule has 0 aliphatic rings. The summed E-state index contributed by atoms with van der Waals surface area (Å²) in [6.45, 7) is 3.95. The van der Waals surface area contributed by atoms with Gasteiger partial charge in [0.15, 0.2) is 5.54 Å². The van der Waals surface area contributed by atoms with Gasteiger partial charge in [-0.25, -0.2) is 0 Å². The van der Waals surface area contributed by atoms with Crippen LogP contribution in [-0.2, 0) is 0 Å². The molecule has 0 bridgehead atoms. The molecule has 8 heteroatoms. The third-order valence-electron chi connectivity index (χ3n) is 2.52. The number of hydrogen-bond donors (Lipinski definition) is 1. The van der Waals surface area contributed by atoms with E-state index < -0.39 is 17.5 Å². The Balaban J connectivity index is 3.32. The maximum atomic E-state index is 12.7. The minimum Gasteiger partial charge on any atom is -0.311 e. The number of rotatable bonds is 3. The minimum atomic E-state index is -4.86. The highest BCUT2D eigenvalue weighted by molar-refractivity contribution is 6.34. The van der Waals surface area contributed by atoms with Crippen molar-refractivity contribution >= 4 is 17.4 Å². The van der Waals surface area contributed by atoms with Gasteiger partial charge in [-0.2, -0.15) is 18.3 Å². The lowest BCUT2D eigenvalue weighted by Gasteiger charge is -2.26. The average molecular weight is 284 g/mol. The van der Waals surface area contributed by atoms with Crippen molar-refractivity contribution in [2.24, 2.45) is 5.73 Å². The number of hydrogen-bond acceptors (Lipinski definition) is 3. The number of Topliss-reactive ketones (excluding diaryl/α,β-unsaturated/α-hetero) is 1. The van der Waals surface area contributed by atoms with Crippen molar-refractivity contribution in [1.29, 1.82) is 0 Å². The topological polar surface area (TPSA) is 60.9 Å². The van der Waals surface area contributed by atoms with Crippen LogP contribution in [0.15, 0.2) is 6.20 Å². The van der Waals surface area contributed by atoms with Crippen molar-refractivity contribution in [3.63, 3.8) is 0 Å². The molecule has 0 radical (unpaired) electrons. The highest BCUT2D eigenvalue weighted by atomic mass is 35.5. The Morgan fingerprint density at radius 1 is 1.50 bits per heavy atom. The van der Waals surface area contributed by atoms with Gasteiger partial charge < -0.3 is 5.73 Å². The molecule has 1 aromatic rings. The predicted molar refractivity (Wildman–Crippen MR) is 60.6 cm³/mol. The summed E-state index contributed by atoms with van der Waals surface area (Å²) in [5, 5.41) is 3.63. The zero-order chi connectivity index (χ0) is 14.3. The summed E-state index contributed by atoms with van der Waals surface area (Å²) >= 11 is 5.71. The largest absolute Gasteiger partial charge is 0.413 e. The van der Waals surface area contributed by atoms with E-state index in [-0.39, 0.29) is 16.8 Å². The second kappa shape index (κ2) is 4.55. The van der Waals surface area contributed by atoms with Crippen molar-refractivity contribution in [1.82, 2.24) is 9.78 Å². The highest BCUT2D eigenvalue weighted by Crippen LogP contribution is 2.33. The van der Waals surface area contributed by atoms with E-state index in [4.69, 9.17) is 17.3 Å². The van der Waals surface area contributed by atoms with E-state index in [9.17, 15) is 18.0 Å². The monoisotopic (exact) mass is 283 g/mol. The van der Waals surface area contributed by atoms with Crippen molar-refractivity contribution in [2.75, 3.05) is 0 Å². The van der Waals surface area contributed by atoms with E-state index in [0.717, 1.165) is 10.9 Å². The fourth-order valence-corrected chi connectivity index (χ4v) is 1.54. The molecule has 0 aromatic carbocycles. The Bertz CT molecular complexity index is 465. The van der Waals surface area contributed by atoms with Crippen LogP contribution in [0, 0.1) is 0 Å². The van der Waals surface area contributed by atoms with Gasteiger partial charge in [0.1, 0.15) is 5.69 Å². The molecular weight excluding hydrogens is 271 g/mol. The molecule has 2 N–H and O–H groups in total. The number of carbonyl (C=O) groups is 1. The summed E-state index contributed by atoms with van der Waals surface area (Å²) < 4.78 is 39.3. The van der Waals surface area contributed by atoms with Crippen LogP contribution in [0.5, 0.6) is 0 Å². The molecule has 0 aliphatic heterocycles. The molecule has 1 unspecified atom stereocenters. The minimum absolute atomic E-state index is 0.144. The molecule has 0 fully saturated rings. The molecule has 1 aromatic heterocycles. The molecule has 4 nitrogen and oxygen atoms in total. The van der Waals surface area contributed by atoms with E-state index in [0.29, 0.717) is 6.92 Å². The SMILES string of the molecule is CC(C)n1ncc(Cl)c1C(=O)C(C)(N)C(F)(F)F. The van der Waals surface area contributed by atoms with Crippen LogP contribution < -0.4 is 5.73 Å². The number of alkyl halides is 3. The number of nitrogens with zero attached hydrogens (tertiary/aromatic N) is 2. The lowest BCUT2D eigenvalue weighted by atomic mass is 9.94. The first kappa shape index (κ1) is 15.0. The van der Waals surface area contributed by atoms with Gasteiger partial charge in [-0.3, -0.25) is 9.48 Å². The maximum absolute atomic E-state index is 12.7. The standard InChI is InChI=1S/C10H13ClF3N3O/c1-5(2)17-7(6(11)4-16-17)8(18)9(3,15)10(12,13)14/h4-5H,15H2,1-3H3. The number of nitrogens with two attached hydrogens (primary N) is 1.